The number of carbonyl (C=O) groups is 2. The van der Waals surface area contributed by atoms with E-state index < -0.39 is 27.3 Å². The number of fused-ring (bicyclic) bond motifs is 2. The number of aliphatic imine (C=N–C) groups is 1. The molecule has 1 saturated heterocycles. The van der Waals surface area contributed by atoms with Gasteiger partial charge in [-0.1, -0.05) is 54.4 Å². The van der Waals surface area contributed by atoms with Crippen LogP contribution in [-0.4, -0.2) is 54.8 Å². The Hall–Kier alpha value is -3.43. The number of carbonyl (C=O) groups excluding carboxylic acids is 2. The summed E-state index contributed by atoms with van der Waals surface area (Å²) in [5.74, 6) is 0.191. The number of rotatable bonds is 3. The molecule has 6 rings (SSSR count). The number of amides is 3. The van der Waals surface area contributed by atoms with Crippen molar-refractivity contribution in [2.75, 3.05) is 12.8 Å². The average Bonchev–Trinajstić information content (AvgIpc) is 3.27. The smallest absolute Gasteiger partial charge is 0.326 e. The maximum atomic E-state index is 14.2. The number of sulfone groups is 1. The molecule has 8 nitrogen and oxygen atoms in total. The average molecular weight is 551 g/mol. The lowest BCUT2D eigenvalue weighted by molar-refractivity contribution is -0.122. The van der Waals surface area contributed by atoms with E-state index in [1.807, 2.05) is 26.0 Å². The first kappa shape index (κ1) is 24.9. The van der Waals surface area contributed by atoms with Gasteiger partial charge >= 0.3 is 6.03 Å². The van der Waals surface area contributed by atoms with Crippen LogP contribution >= 0.6 is 11.6 Å². The van der Waals surface area contributed by atoms with Gasteiger partial charge in [0.1, 0.15) is 12.4 Å². The summed E-state index contributed by atoms with van der Waals surface area (Å²) in [6.45, 7) is 6.07. The maximum Gasteiger partial charge on any atom is 0.330 e. The first-order valence-corrected chi connectivity index (χ1v) is 14.7. The largest absolute Gasteiger partial charge is 0.330 e. The van der Waals surface area contributed by atoms with Crippen molar-refractivity contribution in [3.8, 4) is 0 Å². The summed E-state index contributed by atoms with van der Waals surface area (Å²) in [6.07, 6.45) is 3.37. The molecule has 0 spiro atoms. The molecule has 4 atom stereocenters. The molecule has 0 radical (unpaired) electrons. The SMILES string of the molecule is CC1=CC2(C)C3=C(NC(=O)CN3C(=O)N3C(c4cccc(Cl)c4)=NC(c4ccc(S(C)(=O)=O)cc4)C32)C1C. The molecule has 0 saturated carbocycles. The third-order valence-corrected chi connectivity index (χ3v) is 9.47. The molecule has 3 heterocycles. The molecule has 1 aliphatic carbocycles. The predicted octanol–water partition coefficient (Wildman–Crippen LogP) is 4.29. The molecule has 1 fully saturated rings. The zero-order valence-electron chi connectivity index (χ0n) is 21.4. The minimum Gasteiger partial charge on any atom is -0.326 e. The number of amidine groups is 1. The van der Waals surface area contributed by atoms with E-state index in [-0.39, 0.29) is 29.3 Å². The Morgan fingerprint density at radius 1 is 1.13 bits per heavy atom. The number of halogens is 1. The van der Waals surface area contributed by atoms with Crippen LogP contribution in [0.5, 0.6) is 0 Å². The molecule has 2 aromatic rings. The topological polar surface area (TPSA) is 99.2 Å². The monoisotopic (exact) mass is 550 g/mol. The minimum atomic E-state index is -3.37. The molecule has 4 aliphatic rings. The zero-order chi connectivity index (χ0) is 27.1. The molecule has 38 heavy (non-hydrogen) atoms. The van der Waals surface area contributed by atoms with E-state index >= 15 is 0 Å². The van der Waals surface area contributed by atoms with Crippen molar-refractivity contribution in [3.05, 3.63) is 87.7 Å². The molecule has 0 bridgehead atoms. The molecule has 10 heteroatoms. The van der Waals surface area contributed by atoms with E-state index in [1.165, 1.54) is 6.26 Å². The van der Waals surface area contributed by atoms with Crippen LogP contribution in [0.4, 0.5) is 4.79 Å². The van der Waals surface area contributed by atoms with Crippen LogP contribution < -0.4 is 5.32 Å². The van der Waals surface area contributed by atoms with Crippen molar-refractivity contribution in [3.63, 3.8) is 0 Å². The standard InChI is InChI=1S/C28H27ClN4O4S/c1-15-13-28(3)24-22(16(15)2)30-21(34)14-32(24)27(35)33-25(28)23(17-8-10-20(11-9-17)38(4,36)37)31-26(33)18-6-5-7-19(29)12-18/h5-13,16,23,25H,14H2,1-4H3,(H,30,34). The van der Waals surface area contributed by atoms with Gasteiger partial charge in [0.25, 0.3) is 0 Å². The van der Waals surface area contributed by atoms with Gasteiger partial charge in [-0.15, -0.1) is 0 Å². The highest BCUT2D eigenvalue weighted by Crippen LogP contribution is 2.56. The van der Waals surface area contributed by atoms with Crippen LogP contribution in [0.15, 0.2) is 81.5 Å². The highest BCUT2D eigenvalue weighted by Gasteiger charge is 2.61. The molecule has 196 valence electrons. The number of allylic oxidation sites excluding steroid dienone is 1. The van der Waals surface area contributed by atoms with E-state index in [0.717, 1.165) is 22.5 Å². The second-order valence-corrected chi connectivity index (χ2v) is 13.1. The zero-order valence-corrected chi connectivity index (χ0v) is 23.0. The molecule has 3 amide bonds. The van der Waals surface area contributed by atoms with Gasteiger partial charge in [0.2, 0.25) is 5.91 Å². The van der Waals surface area contributed by atoms with Crippen molar-refractivity contribution in [2.24, 2.45) is 16.3 Å². The lowest BCUT2D eigenvalue weighted by atomic mass is 9.66. The van der Waals surface area contributed by atoms with E-state index in [4.69, 9.17) is 16.6 Å². The van der Waals surface area contributed by atoms with Gasteiger partial charge in [0.15, 0.2) is 9.84 Å². The van der Waals surface area contributed by atoms with Gasteiger partial charge < -0.3 is 5.32 Å². The van der Waals surface area contributed by atoms with Gasteiger partial charge in [0, 0.05) is 28.5 Å². The van der Waals surface area contributed by atoms with Crippen molar-refractivity contribution < 1.29 is 18.0 Å². The van der Waals surface area contributed by atoms with Crippen LogP contribution in [-0.2, 0) is 14.6 Å². The van der Waals surface area contributed by atoms with Crippen LogP contribution in [0, 0.1) is 11.3 Å². The van der Waals surface area contributed by atoms with Gasteiger partial charge in [-0.3, -0.25) is 19.6 Å². The summed E-state index contributed by atoms with van der Waals surface area (Å²) in [7, 11) is -3.37. The van der Waals surface area contributed by atoms with E-state index in [1.54, 1.807) is 46.2 Å². The van der Waals surface area contributed by atoms with E-state index in [2.05, 4.69) is 18.3 Å². The van der Waals surface area contributed by atoms with Crippen LogP contribution in [0.2, 0.25) is 5.02 Å². The third-order valence-electron chi connectivity index (χ3n) is 8.11. The fourth-order valence-corrected chi connectivity index (χ4v) is 7.10. The number of nitrogens with zero attached hydrogens (tertiary/aromatic N) is 3. The fraction of sp³-hybridized carbons (Fsp3) is 0.321. The molecule has 0 aromatic heterocycles. The van der Waals surface area contributed by atoms with Crippen LogP contribution in [0.1, 0.15) is 37.9 Å². The Bertz CT molecular complexity index is 1610. The van der Waals surface area contributed by atoms with Crippen LogP contribution in [0.25, 0.3) is 0 Å². The Kier molecular flexibility index (Phi) is 5.42. The highest BCUT2D eigenvalue weighted by molar-refractivity contribution is 7.90. The first-order chi connectivity index (χ1) is 17.9. The summed E-state index contributed by atoms with van der Waals surface area (Å²) in [6, 6.07) is 12.6. The van der Waals surface area contributed by atoms with Gasteiger partial charge in [-0.05, 0) is 43.7 Å². The van der Waals surface area contributed by atoms with Gasteiger partial charge in [-0.25, -0.2) is 13.2 Å². The van der Waals surface area contributed by atoms with Crippen molar-refractivity contribution in [1.29, 1.82) is 0 Å². The first-order valence-electron chi connectivity index (χ1n) is 12.4. The predicted molar refractivity (Wildman–Crippen MR) is 144 cm³/mol. The number of urea groups is 1. The molecule has 2 aromatic carbocycles. The minimum absolute atomic E-state index is 0.0496. The van der Waals surface area contributed by atoms with Crippen LogP contribution in [0.3, 0.4) is 0 Å². The fourth-order valence-electron chi connectivity index (χ4n) is 6.28. The highest BCUT2D eigenvalue weighted by atomic mass is 35.5. The third kappa shape index (κ3) is 3.55. The Morgan fingerprint density at radius 2 is 1.84 bits per heavy atom. The van der Waals surface area contributed by atoms with E-state index in [0.29, 0.717) is 16.4 Å². The van der Waals surface area contributed by atoms with Gasteiger partial charge in [0.05, 0.1) is 28.1 Å². The molecule has 1 N–H and O–H groups in total. The summed E-state index contributed by atoms with van der Waals surface area (Å²) in [5, 5.41) is 3.56. The molecular weight excluding hydrogens is 524 g/mol. The normalized spacial score (nSPS) is 28.5. The Labute approximate surface area is 226 Å². The summed E-state index contributed by atoms with van der Waals surface area (Å²) in [4.78, 5) is 35.5. The summed E-state index contributed by atoms with van der Waals surface area (Å²) in [5.41, 5.74) is 3.43. The van der Waals surface area contributed by atoms with Gasteiger partial charge in [-0.2, -0.15) is 0 Å². The summed E-state index contributed by atoms with van der Waals surface area (Å²) < 4.78 is 24.2. The second-order valence-electron chi connectivity index (χ2n) is 10.6. The second kappa shape index (κ2) is 8.28. The molecule has 4 unspecified atom stereocenters. The number of hydrogen-bond acceptors (Lipinski definition) is 5. The molecule has 3 aliphatic heterocycles. The maximum absolute atomic E-state index is 14.2. The Morgan fingerprint density at radius 3 is 2.50 bits per heavy atom. The van der Waals surface area contributed by atoms with E-state index in [9.17, 15) is 18.0 Å². The van der Waals surface area contributed by atoms with Crippen molar-refractivity contribution >= 4 is 39.2 Å². The molecular formula is C28H27ClN4O4S. The van der Waals surface area contributed by atoms with Crippen molar-refractivity contribution in [2.45, 2.75) is 37.8 Å². The lowest BCUT2D eigenvalue weighted by Crippen LogP contribution is -2.66. The Balaban J connectivity index is 1.59. The number of nitrogens with one attached hydrogen (secondary N) is 1. The lowest BCUT2D eigenvalue weighted by Gasteiger charge is -2.55. The number of hydrogen-bond donors (Lipinski definition) is 1. The van der Waals surface area contributed by atoms with Crippen molar-refractivity contribution in [1.82, 2.24) is 15.1 Å². The summed E-state index contributed by atoms with van der Waals surface area (Å²) >= 11 is 6.33. The number of benzene rings is 2. The quantitative estimate of drug-likeness (QED) is 0.576.